The Morgan fingerprint density at radius 1 is 1.00 bits per heavy atom. The summed E-state index contributed by atoms with van der Waals surface area (Å²) in [5.74, 6) is -0.695. The lowest BCUT2D eigenvalue weighted by Gasteiger charge is -2.55. The molecule has 5 atom stereocenters. The number of ketones is 2. The maximum Gasteiger partial charge on any atom is 0.304 e. The molecule has 4 aliphatic rings. The zero-order valence-electron chi connectivity index (χ0n) is 24.8. The van der Waals surface area contributed by atoms with E-state index in [1.54, 1.807) is 0 Å². The van der Waals surface area contributed by atoms with Gasteiger partial charge >= 0.3 is 11.9 Å². The van der Waals surface area contributed by atoms with Crippen molar-refractivity contribution in [2.75, 3.05) is 32.4 Å². The number of hydrogen-bond acceptors (Lipinski definition) is 8. The van der Waals surface area contributed by atoms with Crippen LogP contribution in [0, 0.1) is 17.3 Å². The summed E-state index contributed by atoms with van der Waals surface area (Å²) in [5.41, 5.74) is 4.21. The molecule has 220 valence electrons. The van der Waals surface area contributed by atoms with Crippen molar-refractivity contribution in [3.05, 3.63) is 52.6 Å². The van der Waals surface area contributed by atoms with Crippen molar-refractivity contribution in [3.8, 4) is 0 Å². The highest BCUT2D eigenvalue weighted by atomic mass is 16.7. The number of ether oxygens (including phenoxy) is 3. The van der Waals surface area contributed by atoms with Crippen LogP contribution in [0.4, 0.5) is 5.69 Å². The Hall–Kier alpha value is -3.26. The maximum absolute atomic E-state index is 14.0. The summed E-state index contributed by atoms with van der Waals surface area (Å²) in [6, 6.07) is 8.59. The number of allylic oxidation sites excluding steroid dienone is 4. The molecule has 0 aromatic heterocycles. The number of rotatable bonds is 8. The summed E-state index contributed by atoms with van der Waals surface area (Å²) in [7, 11) is 4.03. The molecule has 1 aromatic rings. The van der Waals surface area contributed by atoms with Crippen LogP contribution in [-0.4, -0.2) is 56.6 Å². The van der Waals surface area contributed by atoms with Gasteiger partial charge < -0.3 is 19.1 Å². The Kier molecular flexibility index (Phi) is 7.99. The number of carbonyl (C=O) groups excluding carboxylic acids is 4. The predicted octanol–water partition coefficient (Wildman–Crippen LogP) is 5.06. The molecule has 41 heavy (non-hydrogen) atoms. The zero-order chi connectivity index (χ0) is 29.5. The van der Waals surface area contributed by atoms with E-state index in [2.05, 4.69) is 36.1 Å². The average Bonchev–Trinajstić information content (AvgIpc) is 3.22. The molecular weight excluding hydrogens is 522 g/mol. The van der Waals surface area contributed by atoms with Crippen LogP contribution >= 0.6 is 0 Å². The van der Waals surface area contributed by atoms with Gasteiger partial charge in [0.25, 0.3) is 0 Å². The Morgan fingerprint density at radius 3 is 2.39 bits per heavy atom. The van der Waals surface area contributed by atoms with Crippen LogP contribution in [-0.2, 0) is 33.4 Å². The van der Waals surface area contributed by atoms with Gasteiger partial charge in [0, 0.05) is 51.4 Å². The van der Waals surface area contributed by atoms with Gasteiger partial charge in [-0.25, -0.2) is 0 Å². The third kappa shape index (κ3) is 5.16. The fraction of sp³-hybridized carbons (Fsp3) is 0.576. The van der Waals surface area contributed by atoms with Gasteiger partial charge in [-0.15, -0.1) is 0 Å². The average molecular weight is 564 g/mol. The fourth-order valence-corrected chi connectivity index (χ4v) is 8.26. The van der Waals surface area contributed by atoms with Crippen LogP contribution in [0.2, 0.25) is 0 Å². The molecule has 0 saturated heterocycles. The topological polar surface area (TPSA) is 99.2 Å². The SMILES string of the molecule is CC(=O)OCOCC(=O)[C@@]1(OC(C)=O)CCC2C3CCC4=CC(=O)CCC4=C3C(c3ccc(N(C)C)cc3)C[C@@]21C. The Labute approximate surface area is 242 Å². The zero-order valence-corrected chi connectivity index (χ0v) is 24.8. The van der Waals surface area contributed by atoms with E-state index in [0.717, 1.165) is 31.4 Å². The van der Waals surface area contributed by atoms with Gasteiger partial charge in [-0.1, -0.05) is 24.6 Å². The minimum Gasteiger partial charge on any atom is -0.451 e. The molecule has 2 fully saturated rings. The molecule has 3 unspecified atom stereocenters. The van der Waals surface area contributed by atoms with Gasteiger partial charge in [-0.3, -0.25) is 19.2 Å². The largest absolute Gasteiger partial charge is 0.451 e. The van der Waals surface area contributed by atoms with Crippen LogP contribution in [0.1, 0.15) is 77.2 Å². The van der Waals surface area contributed by atoms with Gasteiger partial charge in [0.05, 0.1) is 0 Å². The van der Waals surface area contributed by atoms with Gasteiger partial charge in [0.2, 0.25) is 5.78 Å². The van der Waals surface area contributed by atoms with E-state index in [0.29, 0.717) is 19.3 Å². The molecule has 2 saturated carbocycles. The molecular formula is C33H41NO7. The molecule has 8 nitrogen and oxygen atoms in total. The Bertz CT molecular complexity index is 1310. The van der Waals surface area contributed by atoms with Gasteiger partial charge in [0.15, 0.2) is 18.2 Å². The molecule has 5 rings (SSSR count). The summed E-state index contributed by atoms with van der Waals surface area (Å²) < 4.78 is 16.4. The van der Waals surface area contributed by atoms with Crippen molar-refractivity contribution < 1.29 is 33.4 Å². The first-order valence-electron chi connectivity index (χ1n) is 14.6. The molecule has 0 N–H and O–H groups in total. The van der Waals surface area contributed by atoms with Crippen LogP contribution in [0.3, 0.4) is 0 Å². The van der Waals surface area contributed by atoms with Gasteiger partial charge in [-0.05, 0) is 85.3 Å². The monoisotopic (exact) mass is 563 g/mol. The fourth-order valence-electron chi connectivity index (χ4n) is 8.26. The predicted molar refractivity (Wildman–Crippen MR) is 153 cm³/mol. The minimum absolute atomic E-state index is 0.0205. The lowest BCUT2D eigenvalue weighted by molar-refractivity contribution is -0.188. The standard InChI is InChI=1S/C33H41NO7/c1-20(35)40-19-39-18-30(38)33(41-21(2)36)15-14-29-27-12-8-23-16-25(37)11-13-26(23)31(27)28(17-32(29,33)3)22-6-9-24(10-7-22)34(4)5/h6-7,9-10,16,27-29H,8,11-15,17-19H2,1-5H3/t27?,28?,29?,32-,33-/m0/s1. The second-order valence-electron chi connectivity index (χ2n) is 12.5. The first-order valence-corrected chi connectivity index (χ1v) is 14.6. The van der Waals surface area contributed by atoms with Crippen molar-refractivity contribution in [3.63, 3.8) is 0 Å². The van der Waals surface area contributed by atoms with E-state index in [1.807, 2.05) is 20.2 Å². The summed E-state index contributed by atoms with van der Waals surface area (Å²) in [5, 5.41) is 0. The summed E-state index contributed by atoms with van der Waals surface area (Å²) in [6.45, 7) is 4.12. The van der Waals surface area contributed by atoms with Crippen molar-refractivity contribution in [2.24, 2.45) is 17.3 Å². The minimum atomic E-state index is -1.34. The lowest BCUT2D eigenvalue weighted by atomic mass is 9.50. The van der Waals surface area contributed by atoms with Crippen LogP contribution in [0.25, 0.3) is 0 Å². The van der Waals surface area contributed by atoms with Crippen molar-refractivity contribution in [1.82, 2.24) is 0 Å². The van der Waals surface area contributed by atoms with E-state index >= 15 is 0 Å². The third-order valence-electron chi connectivity index (χ3n) is 10.0. The van der Waals surface area contributed by atoms with Crippen molar-refractivity contribution in [1.29, 1.82) is 0 Å². The number of hydrogen-bond donors (Lipinski definition) is 0. The van der Waals surface area contributed by atoms with E-state index in [-0.39, 0.29) is 42.7 Å². The Balaban J connectivity index is 1.59. The number of carbonyl (C=O) groups is 4. The molecule has 0 radical (unpaired) electrons. The molecule has 0 bridgehead atoms. The molecule has 0 aliphatic heterocycles. The van der Waals surface area contributed by atoms with E-state index in [9.17, 15) is 19.2 Å². The maximum atomic E-state index is 14.0. The number of esters is 2. The van der Waals surface area contributed by atoms with Crippen LogP contribution in [0.15, 0.2) is 47.1 Å². The first-order chi connectivity index (χ1) is 19.5. The lowest BCUT2D eigenvalue weighted by Crippen LogP contribution is -2.58. The highest BCUT2D eigenvalue weighted by molar-refractivity contribution is 5.93. The van der Waals surface area contributed by atoms with Gasteiger partial charge in [-0.2, -0.15) is 0 Å². The number of fused-ring (bicyclic) bond motifs is 4. The molecule has 8 heteroatoms. The van der Waals surface area contributed by atoms with Crippen molar-refractivity contribution in [2.45, 2.75) is 77.2 Å². The summed E-state index contributed by atoms with van der Waals surface area (Å²) in [4.78, 5) is 52.1. The van der Waals surface area contributed by atoms with Crippen molar-refractivity contribution >= 4 is 29.2 Å². The third-order valence-corrected chi connectivity index (χ3v) is 10.0. The number of anilines is 1. The number of benzene rings is 1. The smallest absolute Gasteiger partial charge is 0.304 e. The second kappa shape index (κ2) is 11.2. The van der Waals surface area contributed by atoms with Crippen LogP contribution in [0.5, 0.6) is 0 Å². The highest BCUT2D eigenvalue weighted by Gasteiger charge is 2.68. The molecule has 0 heterocycles. The molecule has 1 aromatic carbocycles. The van der Waals surface area contributed by atoms with E-state index < -0.39 is 23.0 Å². The van der Waals surface area contributed by atoms with Crippen LogP contribution < -0.4 is 4.90 Å². The Morgan fingerprint density at radius 2 is 1.73 bits per heavy atom. The quantitative estimate of drug-likeness (QED) is 0.246. The first kappa shape index (κ1) is 29.2. The highest BCUT2D eigenvalue weighted by Crippen LogP contribution is 2.67. The molecule has 0 spiro atoms. The summed E-state index contributed by atoms with van der Waals surface area (Å²) >= 11 is 0. The van der Waals surface area contributed by atoms with E-state index in [1.165, 1.54) is 36.1 Å². The molecule has 0 amide bonds. The number of Topliss-reactive ketones (excluding diaryl/α,β-unsaturated/α-hetero) is 1. The normalized spacial score (nSPS) is 30.5. The second-order valence-corrected chi connectivity index (χ2v) is 12.5. The van der Waals surface area contributed by atoms with E-state index in [4.69, 9.17) is 14.2 Å². The summed E-state index contributed by atoms with van der Waals surface area (Å²) in [6.07, 6.45) is 6.69. The molecule has 4 aliphatic carbocycles. The van der Waals surface area contributed by atoms with Gasteiger partial charge in [0.1, 0.15) is 6.61 Å². The number of nitrogens with zero attached hydrogens (tertiary/aromatic N) is 1.